The fourth-order valence-corrected chi connectivity index (χ4v) is 3.68. The minimum Gasteiger partial charge on any atom is -0.488 e. The Balaban J connectivity index is 1.53. The van der Waals surface area contributed by atoms with Crippen molar-refractivity contribution in [3.63, 3.8) is 0 Å². The summed E-state index contributed by atoms with van der Waals surface area (Å²) < 4.78 is 12.0. The summed E-state index contributed by atoms with van der Waals surface area (Å²) in [6.07, 6.45) is 0.697. The molecule has 0 bridgehead atoms. The summed E-state index contributed by atoms with van der Waals surface area (Å²) in [5.41, 5.74) is 2.24. The van der Waals surface area contributed by atoms with Crippen molar-refractivity contribution in [1.29, 1.82) is 0 Å². The molecule has 1 heterocycles. The number of para-hydroxylation sites is 2. The topological polar surface area (TPSA) is 47.6 Å². The molecule has 4 nitrogen and oxygen atoms in total. The first-order valence-electron chi connectivity index (χ1n) is 9.86. The normalized spacial score (nSPS) is 17.0. The second kappa shape index (κ2) is 8.00. The van der Waals surface area contributed by atoms with Crippen molar-refractivity contribution in [2.45, 2.75) is 38.5 Å². The molecule has 0 saturated carbocycles. The SMILES string of the molecule is CC1(C)C[C@H](NC(=O)c2ccccc2OCc2ccccc2)c2ccccc2O1. The Morgan fingerprint density at radius 3 is 2.52 bits per heavy atom. The summed E-state index contributed by atoms with van der Waals surface area (Å²) in [5.74, 6) is 1.25. The first kappa shape index (κ1) is 19.1. The number of fused-ring (bicyclic) bond motifs is 1. The number of carbonyl (C=O) groups is 1. The number of ether oxygens (including phenoxy) is 2. The van der Waals surface area contributed by atoms with Crippen LogP contribution in [-0.4, -0.2) is 11.5 Å². The van der Waals surface area contributed by atoms with Crippen LogP contribution in [0, 0.1) is 0 Å². The summed E-state index contributed by atoms with van der Waals surface area (Å²) in [5, 5.41) is 3.19. The molecule has 0 aromatic heterocycles. The Labute approximate surface area is 171 Å². The van der Waals surface area contributed by atoms with Crippen LogP contribution in [0.25, 0.3) is 0 Å². The molecular weight excluding hydrogens is 362 g/mol. The highest BCUT2D eigenvalue weighted by molar-refractivity contribution is 5.97. The van der Waals surface area contributed by atoms with Gasteiger partial charge in [-0.1, -0.05) is 60.7 Å². The van der Waals surface area contributed by atoms with Crippen LogP contribution >= 0.6 is 0 Å². The largest absolute Gasteiger partial charge is 0.488 e. The predicted molar refractivity (Wildman–Crippen MR) is 113 cm³/mol. The fourth-order valence-electron chi connectivity index (χ4n) is 3.68. The summed E-state index contributed by atoms with van der Waals surface area (Å²) in [4.78, 5) is 13.1. The second-order valence-electron chi connectivity index (χ2n) is 7.90. The summed E-state index contributed by atoms with van der Waals surface area (Å²) in [6.45, 7) is 4.50. The molecule has 0 radical (unpaired) electrons. The highest BCUT2D eigenvalue weighted by Crippen LogP contribution is 2.39. The predicted octanol–water partition coefficient (Wildman–Crippen LogP) is 5.30. The lowest BCUT2D eigenvalue weighted by Crippen LogP contribution is -2.41. The molecule has 1 atom stereocenters. The first-order valence-corrected chi connectivity index (χ1v) is 9.86. The Bertz CT molecular complexity index is 998. The standard InChI is InChI=1S/C25H25NO3/c1-25(2)16-21(19-12-6-9-15-23(19)29-25)26-24(27)20-13-7-8-14-22(20)28-17-18-10-4-3-5-11-18/h3-15,21H,16-17H2,1-2H3,(H,26,27)/t21-/m0/s1. The first-order chi connectivity index (χ1) is 14.0. The van der Waals surface area contributed by atoms with Gasteiger partial charge in [0.2, 0.25) is 0 Å². The molecule has 1 aliphatic rings. The fraction of sp³-hybridized carbons (Fsp3) is 0.240. The van der Waals surface area contributed by atoms with Crippen molar-refractivity contribution in [3.8, 4) is 11.5 Å². The van der Waals surface area contributed by atoms with E-state index in [1.807, 2.05) is 86.6 Å². The Morgan fingerprint density at radius 2 is 1.69 bits per heavy atom. The monoisotopic (exact) mass is 387 g/mol. The molecule has 1 amide bonds. The summed E-state index contributed by atoms with van der Waals surface area (Å²) >= 11 is 0. The molecule has 29 heavy (non-hydrogen) atoms. The second-order valence-corrected chi connectivity index (χ2v) is 7.90. The molecule has 148 valence electrons. The van der Waals surface area contributed by atoms with Gasteiger partial charge in [0.25, 0.3) is 5.91 Å². The van der Waals surface area contributed by atoms with Crippen molar-refractivity contribution < 1.29 is 14.3 Å². The highest BCUT2D eigenvalue weighted by atomic mass is 16.5. The van der Waals surface area contributed by atoms with E-state index in [0.717, 1.165) is 16.9 Å². The Kier molecular flexibility index (Phi) is 5.26. The number of benzene rings is 3. The third-order valence-corrected chi connectivity index (χ3v) is 5.05. The molecule has 0 saturated heterocycles. The van der Waals surface area contributed by atoms with Crippen LogP contribution < -0.4 is 14.8 Å². The van der Waals surface area contributed by atoms with E-state index in [4.69, 9.17) is 9.47 Å². The Morgan fingerprint density at radius 1 is 1.00 bits per heavy atom. The van der Waals surface area contributed by atoms with Crippen molar-refractivity contribution in [3.05, 3.63) is 95.6 Å². The van der Waals surface area contributed by atoms with Gasteiger partial charge in [0.05, 0.1) is 11.6 Å². The van der Waals surface area contributed by atoms with Crippen LogP contribution in [0.5, 0.6) is 11.5 Å². The van der Waals surface area contributed by atoms with Crippen LogP contribution in [0.3, 0.4) is 0 Å². The summed E-state index contributed by atoms with van der Waals surface area (Å²) in [7, 11) is 0. The van der Waals surface area contributed by atoms with Gasteiger partial charge in [0.15, 0.2) is 0 Å². The van der Waals surface area contributed by atoms with E-state index in [9.17, 15) is 4.79 Å². The lowest BCUT2D eigenvalue weighted by atomic mass is 9.89. The minimum absolute atomic E-state index is 0.121. The van der Waals surface area contributed by atoms with Crippen molar-refractivity contribution in [2.24, 2.45) is 0 Å². The summed E-state index contributed by atoms with van der Waals surface area (Å²) in [6, 6.07) is 25.0. The molecule has 0 aliphatic carbocycles. The van der Waals surface area contributed by atoms with Gasteiger partial charge in [-0.2, -0.15) is 0 Å². The lowest BCUT2D eigenvalue weighted by Gasteiger charge is -2.37. The molecule has 3 aromatic carbocycles. The van der Waals surface area contributed by atoms with E-state index in [2.05, 4.69) is 5.32 Å². The van der Waals surface area contributed by atoms with Crippen LogP contribution in [0.15, 0.2) is 78.9 Å². The molecule has 4 rings (SSSR count). The number of hydrogen-bond donors (Lipinski definition) is 1. The zero-order valence-electron chi connectivity index (χ0n) is 16.7. The van der Waals surface area contributed by atoms with Gasteiger partial charge < -0.3 is 14.8 Å². The molecule has 3 aromatic rings. The van der Waals surface area contributed by atoms with E-state index >= 15 is 0 Å². The van der Waals surface area contributed by atoms with E-state index in [0.29, 0.717) is 24.3 Å². The molecule has 4 heteroatoms. The van der Waals surface area contributed by atoms with Gasteiger partial charge in [-0.3, -0.25) is 4.79 Å². The third-order valence-electron chi connectivity index (χ3n) is 5.05. The van der Waals surface area contributed by atoms with Crippen LogP contribution in [0.4, 0.5) is 0 Å². The highest BCUT2D eigenvalue weighted by Gasteiger charge is 2.34. The van der Waals surface area contributed by atoms with E-state index in [1.54, 1.807) is 6.07 Å². The zero-order chi connectivity index (χ0) is 20.3. The molecule has 1 aliphatic heterocycles. The van der Waals surface area contributed by atoms with E-state index in [-0.39, 0.29) is 17.6 Å². The third kappa shape index (κ3) is 4.43. The van der Waals surface area contributed by atoms with Gasteiger partial charge in [-0.05, 0) is 37.6 Å². The number of rotatable bonds is 5. The molecule has 0 spiro atoms. The van der Waals surface area contributed by atoms with Crippen LogP contribution in [-0.2, 0) is 6.61 Å². The van der Waals surface area contributed by atoms with Crippen LogP contribution in [0.1, 0.15) is 47.8 Å². The molecule has 0 fully saturated rings. The number of amides is 1. The minimum atomic E-state index is -0.352. The van der Waals surface area contributed by atoms with Gasteiger partial charge in [-0.25, -0.2) is 0 Å². The molecule has 0 unspecified atom stereocenters. The van der Waals surface area contributed by atoms with Gasteiger partial charge >= 0.3 is 0 Å². The number of nitrogens with one attached hydrogen (secondary N) is 1. The quantitative estimate of drug-likeness (QED) is 0.646. The van der Waals surface area contributed by atoms with Crippen LogP contribution in [0.2, 0.25) is 0 Å². The van der Waals surface area contributed by atoms with Crippen molar-refractivity contribution >= 4 is 5.91 Å². The maximum atomic E-state index is 13.1. The van der Waals surface area contributed by atoms with Crippen molar-refractivity contribution in [1.82, 2.24) is 5.32 Å². The maximum Gasteiger partial charge on any atom is 0.255 e. The zero-order valence-corrected chi connectivity index (χ0v) is 16.7. The van der Waals surface area contributed by atoms with Gasteiger partial charge in [-0.15, -0.1) is 0 Å². The van der Waals surface area contributed by atoms with E-state index < -0.39 is 0 Å². The lowest BCUT2D eigenvalue weighted by molar-refractivity contribution is 0.0618. The van der Waals surface area contributed by atoms with Crippen molar-refractivity contribution in [2.75, 3.05) is 0 Å². The van der Waals surface area contributed by atoms with E-state index in [1.165, 1.54) is 0 Å². The number of hydrogen-bond acceptors (Lipinski definition) is 3. The molecule has 1 N–H and O–H groups in total. The number of carbonyl (C=O) groups excluding carboxylic acids is 1. The maximum absolute atomic E-state index is 13.1. The molecular formula is C25H25NO3. The Hall–Kier alpha value is -3.27. The van der Waals surface area contributed by atoms with Gasteiger partial charge in [0, 0.05) is 12.0 Å². The average molecular weight is 387 g/mol. The smallest absolute Gasteiger partial charge is 0.255 e. The van der Waals surface area contributed by atoms with Gasteiger partial charge in [0.1, 0.15) is 23.7 Å². The average Bonchev–Trinajstić information content (AvgIpc) is 2.72.